The average Bonchev–Trinajstić information content (AvgIpc) is 2.97. The number of nitrogens with zero attached hydrogens (tertiary/aromatic N) is 2. The zero-order valence-electron chi connectivity index (χ0n) is 18.7. The molecule has 0 spiro atoms. The maximum atomic E-state index is 13.4. The molecule has 0 unspecified atom stereocenters. The van der Waals surface area contributed by atoms with Crippen molar-refractivity contribution < 1.29 is 28.5 Å². The van der Waals surface area contributed by atoms with Crippen LogP contribution in [0.5, 0.6) is 11.5 Å². The van der Waals surface area contributed by atoms with Gasteiger partial charge in [0.25, 0.3) is 11.8 Å². The van der Waals surface area contributed by atoms with E-state index in [-0.39, 0.29) is 17.7 Å². The van der Waals surface area contributed by atoms with Gasteiger partial charge in [-0.05, 0) is 23.6 Å². The van der Waals surface area contributed by atoms with E-state index in [1.54, 1.807) is 39.5 Å². The summed E-state index contributed by atoms with van der Waals surface area (Å²) in [5.74, 6) is 0.580. The number of carbonyl (C=O) groups is 2. The fourth-order valence-electron chi connectivity index (χ4n) is 3.38. The van der Waals surface area contributed by atoms with Crippen LogP contribution in [0.4, 0.5) is 0 Å². The smallest absolute Gasteiger partial charge is 0.277 e. The molecule has 0 N–H and O–H groups in total. The Kier molecular flexibility index (Phi) is 8.68. The van der Waals surface area contributed by atoms with Crippen LogP contribution in [0.15, 0.2) is 23.9 Å². The van der Waals surface area contributed by atoms with Crippen molar-refractivity contribution in [3.8, 4) is 11.5 Å². The monoisotopic (exact) mass is 420 g/mol. The lowest BCUT2D eigenvalue weighted by molar-refractivity contribution is -0.138. The largest absolute Gasteiger partial charge is 0.493 e. The van der Waals surface area contributed by atoms with Crippen LogP contribution in [0.3, 0.4) is 0 Å². The lowest BCUT2D eigenvalue weighted by Gasteiger charge is -2.26. The van der Waals surface area contributed by atoms with Crippen molar-refractivity contribution >= 4 is 17.4 Å². The predicted molar refractivity (Wildman–Crippen MR) is 113 cm³/mol. The number of benzene rings is 1. The molecule has 0 radical (unpaired) electrons. The highest BCUT2D eigenvalue weighted by atomic mass is 16.5. The van der Waals surface area contributed by atoms with E-state index in [4.69, 9.17) is 18.9 Å². The third kappa shape index (κ3) is 5.12. The van der Waals surface area contributed by atoms with Gasteiger partial charge in [-0.2, -0.15) is 0 Å². The highest BCUT2D eigenvalue weighted by Crippen LogP contribution is 2.36. The van der Waals surface area contributed by atoms with Crippen LogP contribution in [0.1, 0.15) is 19.4 Å². The van der Waals surface area contributed by atoms with Gasteiger partial charge in [-0.15, -0.1) is 0 Å². The van der Waals surface area contributed by atoms with E-state index < -0.39 is 0 Å². The van der Waals surface area contributed by atoms with E-state index in [9.17, 15) is 9.59 Å². The summed E-state index contributed by atoms with van der Waals surface area (Å²) in [7, 11) is 6.29. The van der Waals surface area contributed by atoms with Gasteiger partial charge in [-0.1, -0.05) is 19.9 Å². The van der Waals surface area contributed by atoms with Crippen molar-refractivity contribution in [2.24, 2.45) is 5.92 Å². The minimum absolute atomic E-state index is 0.148. The molecular weight excluding hydrogens is 388 g/mol. The number of hydrogen-bond acceptors (Lipinski definition) is 7. The summed E-state index contributed by atoms with van der Waals surface area (Å²) >= 11 is 0. The first kappa shape index (κ1) is 23.7. The van der Waals surface area contributed by atoms with Gasteiger partial charge in [0.15, 0.2) is 11.5 Å². The SMILES string of the molecule is COCCN(CCOC)C1=C(c2ccc(OC)c(OC)c2)C(=O)N(CC(C)C)C1=O. The number of carbonyl (C=O) groups excluding carboxylic acids is 2. The zero-order valence-corrected chi connectivity index (χ0v) is 18.7. The minimum Gasteiger partial charge on any atom is -0.493 e. The summed E-state index contributed by atoms with van der Waals surface area (Å²) in [4.78, 5) is 29.9. The Labute approximate surface area is 178 Å². The third-order valence-electron chi connectivity index (χ3n) is 4.81. The number of methoxy groups -OCH3 is 4. The van der Waals surface area contributed by atoms with Crippen LogP contribution in [0.2, 0.25) is 0 Å². The van der Waals surface area contributed by atoms with E-state index in [2.05, 4.69) is 0 Å². The van der Waals surface area contributed by atoms with Crippen molar-refractivity contribution in [3.63, 3.8) is 0 Å². The van der Waals surface area contributed by atoms with Gasteiger partial charge in [0.1, 0.15) is 5.70 Å². The topological polar surface area (TPSA) is 77.5 Å². The molecule has 0 aliphatic carbocycles. The molecule has 1 aliphatic rings. The molecule has 166 valence electrons. The Hall–Kier alpha value is -2.58. The summed E-state index contributed by atoms with van der Waals surface area (Å²) in [5.41, 5.74) is 1.32. The molecule has 2 amide bonds. The van der Waals surface area contributed by atoms with Crippen molar-refractivity contribution in [1.29, 1.82) is 0 Å². The van der Waals surface area contributed by atoms with Gasteiger partial charge in [0.05, 0.1) is 33.0 Å². The second kappa shape index (κ2) is 11.0. The number of imide groups is 1. The number of rotatable bonds is 12. The molecule has 1 aromatic carbocycles. The predicted octanol–water partition coefficient (Wildman–Crippen LogP) is 2.03. The first-order valence-corrected chi connectivity index (χ1v) is 9.95. The minimum atomic E-state index is -0.309. The summed E-state index contributed by atoms with van der Waals surface area (Å²) in [6, 6.07) is 5.23. The van der Waals surface area contributed by atoms with E-state index in [0.717, 1.165) is 0 Å². The summed E-state index contributed by atoms with van der Waals surface area (Å²) in [5, 5.41) is 0. The molecule has 0 atom stereocenters. The third-order valence-corrected chi connectivity index (χ3v) is 4.81. The van der Waals surface area contributed by atoms with Crippen LogP contribution >= 0.6 is 0 Å². The van der Waals surface area contributed by atoms with E-state index in [0.29, 0.717) is 61.2 Å². The van der Waals surface area contributed by atoms with E-state index in [1.807, 2.05) is 18.7 Å². The summed E-state index contributed by atoms with van der Waals surface area (Å²) in [6.07, 6.45) is 0. The molecule has 0 fully saturated rings. The second-order valence-electron chi connectivity index (χ2n) is 7.38. The molecular formula is C22H32N2O6. The van der Waals surface area contributed by atoms with Crippen LogP contribution in [0.25, 0.3) is 5.57 Å². The number of ether oxygens (including phenoxy) is 4. The Morgan fingerprint density at radius 2 is 1.50 bits per heavy atom. The molecule has 0 saturated carbocycles. The number of amides is 2. The average molecular weight is 421 g/mol. The van der Waals surface area contributed by atoms with E-state index >= 15 is 0 Å². The highest BCUT2D eigenvalue weighted by molar-refractivity contribution is 6.35. The summed E-state index contributed by atoms with van der Waals surface area (Å²) < 4.78 is 21.2. The standard InChI is InChI=1S/C22H32N2O6/c1-15(2)14-24-21(25)19(16-7-8-17(29-5)18(13-16)30-6)20(22(24)26)23(9-11-27-3)10-12-28-4/h7-8,13,15H,9-12,14H2,1-6H3. The first-order chi connectivity index (χ1) is 14.4. The van der Waals surface area contributed by atoms with Crippen molar-refractivity contribution in [2.45, 2.75) is 13.8 Å². The Balaban J connectivity index is 2.61. The van der Waals surface area contributed by atoms with E-state index in [1.165, 1.54) is 12.0 Å². The van der Waals surface area contributed by atoms with Crippen molar-refractivity contribution in [3.05, 3.63) is 29.5 Å². The number of hydrogen-bond donors (Lipinski definition) is 0. The maximum Gasteiger partial charge on any atom is 0.277 e. The molecule has 1 heterocycles. The van der Waals surface area contributed by atoms with Crippen molar-refractivity contribution in [1.82, 2.24) is 9.80 Å². The van der Waals surface area contributed by atoms with Crippen LogP contribution in [-0.4, -0.2) is 82.9 Å². The Bertz CT molecular complexity index is 782. The molecule has 0 saturated heterocycles. The fraction of sp³-hybridized carbons (Fsp3) is 0.545. The van der Waals surface area contributed by atoms with Crippen LogP contribution in [-0.2, 0) is 19.1 Å². The lowest BCUT2D eigenvalue weighted by Crippen LogP contribution is -2.39. The van der Waals surface area contributed by atoms with Gasteiger partial charge < -0.3 is 23.8 Å². The second-order valence-corrected chi connectivity index (χ2v) is 7.38. The van der Waals surface area contributed by atoms with Crippen LogP contribution in [0, 0.1) is 5.92 Å². The Morgan fingerprint density at radius 1 is 0.900 bits per heavy atom. The molecule has 8 heteroatoms. The molecule has 30 heavy (non-hydrogen) atoms. The highest BCUT2D eigenvalue weighted by Gasteiger charge is 2.41. The molecule has 2 rings (SSSR count). The Morgan fingerprint density at radius 3 is 2.00 bits per heavy atom. The quantitative estimate of drug-likeness (QED) is 0.479. The van der Waals surface area contributed by atoms with Gasteiger partial charge in [0, 0.05) is 33.9 Å². The maximum absolute atomic E-state index is 13.4. The summed E-state index contributed by atoms with van der Waals surface area (Å²) in [6.45, 7) is 6.04. The van der Waals surface area contributed by atoms with Gasteiger partial charge in [0.2, 0.25) is 0 Å². The molecule has 1 aromatic rings. The molecule has 1 aliphatic heterocycles. The molecule has 8 nitrogen and oxygen atoms in total. The van der Waals surface area contributed by atoms with Gasteiger partial charge in [-0.25, -0.2) is 0 Å². The zero-order chi connectivity index (χ0) is 22.3. The lowest BCUT2D eigenvalue weighted by atomic mass is 10.0. The van der Waals surface area contributed by atoms with Crippen molar-refractivity contribution in [2.75, 3.05) is 61.3 Å². The first-order valence-electron chi connectivity index (χ1n) is 9.95. The molecule has 0 aromatic heterocycles. The normalized spacial score (nSPS) is 14.2. The van der Waals surface area contributed by atoms with Gasteiger partial charge in [-0.3, -0.25) is 14.5 Å². The molecule has 0 bridgehead atoms. The van der Waals surface area contributed by atoms with Gasteiger partial charge >= 0.3 is 0 Å². The van der Waals surface area contributed by atoms with Crippen LogP contribution < -0.4 is 9.47 Å². The fourth-order valence-corrected chi connectivity index (χ4v) is 3.38.